The molecular weight excluding hydrogens is 202 g/mol. The summed E-state index contributed by atoms with van der Waals surface area (Å²) in [7, 11) is 0. The minimum atomic E-state index is -0.230. The SMILES string of the molecule is CC(C)(C)C(O)CCN1CCOCC1(C)C. The van der Waals surface area contributed by atoms with Crippen LogP contribution in [0, 0.1) is 5.41 Å². The van der Waals surface area contributed by atoms with Crippen molar-refractivity contribution in [3.8, 4) is 0 Å². The smallest absolute Gasteiger partial charge is 0.0645 e. The van der Waals surface area contributed by atoms with E-state index in [1.807, 2.05) is 0 Å². The molecule has 0 aromatic rings. The van der Waals surface area contributed by atoms with Crippen molar-refractivity contribution in [3.05, 3.63) is 0 Å². The van der Waals surface area contributed by atoms with E-state index in [0.717, 1.165) is 32.7 Å². The number of nitrogens with zero attached hydrogens (tertiary/aromatic N) is 1. The fourth-order valence-corrected chi connectivity index (χ4v) is 2.02. The molecule has 1 atom stereocenters. The number of rotatable bonds is 3. The number of ether oxygens (including phenoxy) is 1. The van der Waals surface area contributed by atoms with Gasteiger partial charge in [-0.05, 0) is 25.7 Å². The van der Waals surface area contributed by atoms with Crippen molar-refractivity contribution in [2.75, 3.05) is 26.3 Å². The zero-order chi connectivity index (χ0) is 12.4. The Hall–Kier alpha value is -0.120. The quantitative estimate of drug-likeness (QED) is 0.802. The van der Waals surface area contributed by atoms with Crippen LogP contribution in [-0.4, -0.2) is 48.0 Å². The summed E-state index contributed by atoms with van der Waals surface area (Å²) in [5.74, 6) is 0. The molecule has 96 valence electrons. The van der Waals surface area contributed by atoms with Gasteiger partial charge in [-0.25, -0.2) is 0 Å². The number of hydrogen-bond donors (Lipinski definition) is 1. The fraction of sp³-hybridized carbons (Fsp3) is 1.00. The highest BCUT2D eigenvalue weighted by atomic mass is 16.5. The van der Waals surface area contributed by atoms with E-state index in [4.69, 9.17) is 4.74 Å². The first-order valence-corrected chi connectivity index (χ1v) is 6.24. The predicted molar refractivity (Wildman–Crippen MR) is 66.5 cm³/mol. The lowest BCUT2D eigenvalue weighted by atomic mass is 9.87. The van der Waals surface area contributed by atoms with Gasteiger partial charge in [-0.1, -0.05) is 20.8 Å². The van der Waals surface area contributed by atoms with Gasteiger partial charge in [0, 0.05) is 18.6 Å². The summed E-state index contributed by atoms with van der Waals surface area (Å²) in [6.45, 7) is 14.2. The van der Waals surface area contributed by atoms with Gasteiger partial charge < -0.3 is 9.84 Å². The Morgan fingerprint density at radius 3 is 2.50 bits per heavy atom. The molecule has 1 unspecified atom stereocenters. The maximum Gasteiger partial charge on any atom is 0.0645 e. The van der Waals surface area contributed by atoms with Gasteiger partial charge in [0.05, 0.1) is 19.3 Å². The Morgan fingerprint density at radius 2 is 2.00 bits per heavy atom. The second-order valence-corrected chi connectivity index (χ2v) is 6.52. The Morgan fingerprint density at radius 1 is 1.38 bits per heavy atom. The average Bonchev–Trinajstić information content (AvgIpc) is 2.13. The molecule has 0 bridgehead atoms. The summed E-state index contributed by atoms with van der Waals surface area (Å²) >= 11 is 0. The lowest BCUT2D eigenvalue weighted by molar-refractivity contribution is -0.0597. The van der Waals surface area contributed by atoms with Gasteiger partial charge in [-0.3, -0.25) is 4.90 Å². The normalized spacial score (nSPS) is 24.4. The van der Waals surface area contributed by atoms with E-state index >= 15 is 0 Å². The second-order valence-electron chi connectivity index (χ2n) is 6.52. The van der Waals surface area contributed by atoms with Crippen LogP contribution in [0.15, 0.2) is 0 Å². The molecule has 1 aliphatic heterocycles. The van der Waals surface area contributed by atoms with Crippen molar-refractivity contribution < 1.29 is 9.84 Å². The van der Waals surface area contributed by atoms with Crippen molar-refractivity contribution in [3.63, 3.8) is 0 Å². The minimum absolute atomic E-state index is 0.0174. The number of aliphatic hydroxyl groups excluding tert-OH is 1. The number of aliphatic hydroxyl groups is 1. The lowest BCUT2D eigenvalue weighted by Crippen LogP contribution is -2.53. The maximum absolute atomic E-state index is 10.0. The highest BCUT2D eigenvalue weighted by molar-refractivity contribution is 4.85. The van der Waals surface area contributed by atoms with E-state index < -0.39 is 0 Å². The molecule has 3 nitrogen and oxygen atoms in total. The number of morpholine rings is 1. The van der Waals surface area contributed by atoms with Crippen molar-refractivity contribution in [1.29, 1.82) is 0 Å². The topological polar surface area (TPSA) is 32.7 Å². The van der Waals surface area contributed by atoms with Crippen LogP contribution in [0.5, 0.6) is 0 Å². The van der Waals surface area contributed by atoms with Gasteiger partial charge in [-0.15, -0.1) is 0 Å². The molecule has 1 rings (SSSR count). The minimum Gasteiger partial charge on any atom is -0.393 e. The van der Waals surface area contributed by atoms with Crippen LogP contribution >= 0.6 is 0 Å². The molecule has 1 saturated heterocycles. The molecule has 16 heavy (non-hydrogen) atoms. The van der Waals surface area contributed by atoms with Crippen LogP contribution < -0.4 is 0 Å². The first-order valence-electron chi connectivity index (χ1n) is 6.24. The van der Waals surface area contributed by atoms with Crippen molar-refractivity contribution in [2.45, 2.75) is 52.7 Å². The highest BCUT2D eigenvalue weighted by Crippen LogP contribution is 2.24. The third kappa shape index (κ3) is 3.72. The van der Waals surface area contributed by atoms with Crippen molar-refractivity contribution in [1.82, 2.24) is 4.90 Å². The summed E-state index contributed by atoms with van der Waals surface area (Å²) in [5, 5.41) is 10.0. The van der Waals surface area contributed by atoms with Crippen LogP contribution in [0.25, 0.3) is 0 Å². The average molecular weight is 229 g/mol. The van der Waals surface area contributed by atoms with Gasteiger partial charge in [-0.2, -0.15) is 0 Å². The van der Waals surface area contributed by atoms with Gasteiger partial charge >= 0.3 is 0 Å². The van der Waals surface area contributed by atoms with E-state index in [1.54, 1.807) is 0 Å². The van der Waals surface area contributed by atoms with Gasteiger partial charge in [0.1, 0.15) is 0 Å². The Labute approximate surface area is 99.8 Å². The van der Waals surface area contributed by atoms with Crippen molar-refractivity contribution >= 4 is 0 Å². The zero-order valence-electron chi connectivity index (χ0n) is 11.4. The molecule has 0 spiro atoms. The Kier molecular flexibility index (Phi) is 4.38. The number of hydrogen-bond acceptors (Lipinski definition) is 3. The van der Waals surface area contributed by atoms with E-state index in [1.165, 1.54) is 0 Å². The third-order valence-electron chi connectivity index (χ3n) is 3.49. The molecular formula is C13H27NO2. The van der Waals surface area contributed by atoms with Crippen LogP contribution in [0.4, 0.5) is 0 Å². The van der Waals surface area contributed by atoms with Gasteiger partial charge in [0.15, 0.2) is 0 Å². The standard InChI is InChI=1S/C13H27NO2/c1-12(2,3)11(15)6-7-14-8-9-16-10-13(14,4)5/h11,15H,6-10H2,1-5H3. The fourth-order valence-electron chi connectivity index (χ4n) is 2.02. The van der Waals surface area contributed by atoms with E-state index in [0.29, 0.717) is 0 Å². The van der Waals surface area contributed by atoms with Gasteiger partial charge in [0.25, 0.3) is 0 Å². The molecule has 1 aliphatic rings. The molecule has 0 saturated carbocycles. The van der Waals surface area contributed by atoms with E-state index in [-0.39, 0.29) is 17.1 Å². The summed E-state index contributed by atoms with van der Waals surface area (Å²) in [6, 6.07) is 0. The highest BCUT2D eigenvalue weighted by Gasteiger charge is 2.31. The van der Waals surface area contributed by atoms with E-state index in [2.05, 4.69) is 39.5 Å². The second kappa shape index (κ2) is 5.03. The predicted octanol–water partition coefficient (Wildman–Crippen LogP) is 1.89. The molecule has 1 fully saturated rings. The molecule has 0 aliphatic carbocycles. The summed E-state index contributed by atoms with van der Waals surface area (Å²) in [6.07, 6.45) is 0.610. The zero-order valence-corrected chi connectivity index (χ0v) is 11.4. The molecule has 0 amide bonds. The van der Waals surface area contributed by atoms with Gasteiger partial charge in [0.2, 0.25) is 0 Å². The largest absolute Gasteiger partial charge is 0.393 e. The van der Waals surface area contributed by atoms with E-state index in [9.17, 15) is 5.11 Å². The molecule has 1 heterocycles. The molecule has 0 aromatic heterocycles. The summed E-state index contributed by atoms with van der Waals surface area (Å²) in [4.78, 5) is 2.42. The monoisotopic (exact) mass is 229 g/mol. The van der Waals surface area contributed by atoms with Crippen LogP contribution in [0.1, 0.15) is 41.0 Å². The third-order valence-corrected chi connectivity index (χ3v) is 3.49. The van der Waals surface area contributed by atoms with Crippen LogP contribution in [0.3, 0.4) is 0 Å². The lowest BCUT2D eigenvalue weighted by Gasteiger charge is -2.43. The Bertz CT molecular complexity index is 220. The maximum atomic E-state index is 10.0. The molecule has 0 radical (unpaired) electrons. The first-order chi connectivity index (χ1) is 7.23. The van der Waals surface area contributed by atoms with Crippen LogP contribution in [-0.2, 0) is 4.74 Å². The first kappa shape index (κ1) is 13.9. The Balaban J connectivity index is 2.42. The summed E-state index contributed by atoms with van der Waals surface area (Å²) in [5.41, 5.74) is 0.0896. The molecule has 0 aromatic carbocycles. The molecule has 3 heteroatoms. The molecule has 1 N–H and O–H groups in total. The van der Waals surface area contributed by atoms with Crippen LogP contribution in [0.2, 0.25) is 0 Å². The van der Waals surface area contributed by atoms with Crippen molar-refractivity contribution in [2.24, 2.45) is 5.41 Å². The summed E-state index contributed by atoms with van der Waals surface area (Å²) < 4.78 is 5.48.